The van der Waals surface area contributed by atoms with Crippen molar-refractivity contribution in [1.82, 2.24) is 9.78 Å². The molecule has 4 nitrogen and oxygen atoms in total. The number of nitrogens with two attached hydrogens (primary N) is 1. The van der Waals surface area contributed by atoms with E-state index in [1.165, 1.54) is 13.2 Å². The van der Waals surface area contributed by atoms with Crippen molar-refractivity contribution in [1.29, 1.82) is 0 Å². The minimum atomic E-state index is -4.35. The van der Waals surface area contributed by atoms with Gasteiger partial charge in [0.1, 0.15) is 0 Å². The molecule has 2 N–H and O–H groups in total. The molecule has 2 rings (SSSR count). The second kappa shape index (κ2) is 6.83. The van der Waals surface area contributed by atoms with E-state index in [2.05, 4.69) is 5.10 Å². The first-order valence-corrected chi connectivity index (χ1v) is 6.90. The number of ether oxygens (including phenoxy) is 1. The first kappa shape index (κ1) is 16.4. The Morgan fingerprint density at radius 2 is 2.09 bits per heavy atom. The maximum atomic E-state index is 12.7. The normalized spacial score (nSPS) is 11.7. The number of hydrogen-bond donors (Lipinski definition) is 1. The zero-order valence-corrected chi connectivity index (χ0v) is 12.2. The van der Waals surface area contributed by atoms with Crippen LogP contribution in [0.15, 0.2) is 30.5 Å². The third-order valence-electron chi connectivity index (χ3n) is 3.29. The molecule has 0 atom stereocenters. The summed E-state index contributed by atoms with van der Waals surface area (Å²) in [7, 11) is 1.52. The second-order valence-electron chi connectivity index (χ2n) is 4.93. The topological polar surface area (TPSA) is 53.1 Å². The number of aromatic nitrogens is 2. The highest BCUT2D eigenvalue weighted by molar-refractivity contribution is 5.29. The maximum Gasteiger partial charge on any atom is 0.416 e. The molecule has 7 heteroatoms. The van der Waals surface area contributed by atoms with Gasteiger partial charge in [0.15, 0.2) is 0 Å². The van der Waals surface area contributed by atoms with Gasteiger partial charge in [-0.15, -0.1) is 0 Å². The van der Waals surface area contributed by atoms with Crippen molar-refractivity contribution in [2.45, 2.75) is 25.6 Å². The van der Waals surface area contributed by atoms with E-state index >= 15 is 0 Å². The number of aryl methyl sites for hydroxylation is 1. The van der Waals surface area contributed by atoms with Crippen LogP contribution in [0.25, 0.3) is 0 Å². The lowest BCUT2D eigenvalue weighted by atomic mass is 10.1. The molecular formula is C15H18F3N3O. The lowest BCUT2D eigenvalue weighted by Gasteiger charge is -2.11. The zero-order valence-electron chi connectivity index (χ0n) is 12.2. The van der Waals surface area contributed by atoms with Gasteiger partial charge in [0.25, 0.3) is 0 Å². The molecule has 0 spiro atoms. The van der Waals surface area contributed by atoms with Crippen LogP contribution < -0.4 is 10.5 Å². The molecule has 0 unspecified atom stereocenters. The number of hydrogen-bond acceptors (Lipinski definition) is 3. The van der Waals surface area contributed by atoms with Crippen LogP contribution in [-0.2, 0) is 19.1 Å². The minimum absolute atomic E-state index is 0.218. The van der Waals surface area contributed by atoms with Gasteiger partial charge in [-0.05, 0) is 37.1 Å². The third kappa shape index (κ3) is 3.79. The monoisotopic (exact) mass is 313 g/mol. The number of rotatable bonds is 6. The van der Waals surface area contributed by atoms with Crippen LogP contribution in [0.3, 0.4) is 0 Å². The van der Waals surface area contributed by atoms with E-state index in [0.717, 1.165) is 30.5 Å². The highest BCUT2D eigenvalue weighted by Gasteiger charge is 2.30. The van der Waals surface area contributed by atoms with Crippen LogP contribution >= 0.6 is 0 Å². The molecule has 0 radical (unpaired) electrons. The van der Waals surface area contributed by atoms with Crippen molar-refractivity contribution in [3.8, 4) is 5.88 Å². The highest BCUT2D eigenvalue weighted by Crippen LogP contribution is 2.30. The average Bonchev–Trinajstić information content (AvgIpc) is 2.86. The Labute approximate surface area is 126 Å². The molecule has 0 fully saturated rings. The minimum Gasteiger partial charge on any atom is -0.481 e. The van der Waals surface area contributed by atoms with Crippen LogP contribution in [0, 0.1) is 0 Å². The summed E-state index contributed by atoms with van der Waals surface area (Å²) in [6, 6.07) is 5.20. The molecule has 22 heavy (non-hydrogen) atoms. The van der Waals surface area contributed by atoms with E-state index < -0.39 is 11.7 Å². The summed E-state index contributed by atoms with van der Waals surface area (Å²) in [4.78, 5) is 0. The Hall–Kier alpha value is -2.02. The number of methoxy groups -OCH3 is 1. The van der Waals surface area contributed by atoms with Gasteiger partial charge in [-0.2, -0.15) is 18.3 Å². The van der Waals surface area contributed by atoms with Crippen LogP contribution in [0.5, 0.6) is 5.88 Å². The van der Waals surface area contributed by atoms with Crippen LogP contribution in [-0.4, -0.2) is 23.4 Å². The van der Waals surface area contributed by atoms with Crippen LogP contribution in [0.4, 0.5) is 13.2 Å². The van der Waals surface area contributed by atoms with Gasteiger partial charge in [-0.1, -0.05) is 12.1 Å². The fraction of sp³-hybridized carbons (Fsp3) is 0.400. The fourth-order valence-electron chi connectivity index (χ4n) is 2.24. The predicted octanol–water partition coefficient (Wildman–Crippen LogP) is 2.85. The molecule has 0 saturated carbocycles. The summed E-state index contributed by atoms with van der Waals surface area (Å²) in [6.45, 7) is 0.775. The first-order valence-electron chi connectivity index (χ1n) is 6.90. The zero-order chi connectivity index (χ0) is 16.2. The van der Waals surface area contributed by atoms with E-state index in [1.54, 1.807) is 16.9 Å². The summed E-state index contributed by atoms with van der Waals surface area (Å²) in [6.07, 6.45) is -1.16. The largest absolute Gasteiger partial charge is 0.481 e. The quantitative estimate of drug-likeness (QED) is 0.892. The molecular weight excluding hydrogens is 295 g/mol. The Bertz CT molecular complexity index is 623. The third-order valence-corrected chi connectivity index (χ3v) is 3.29. The SMILES string of the molecule is COc1c(CCCN)cnn1Cc1cccc(C(F)(F)F)c1. The molecule has 0 bridgehead atoms. The van der Waals surface area contributed by atoms with Crippen molar-refractivity contribution in [2.24, 2.45) is 5.73 Å². The van der Waals surface area contributed by atoms with E-state index in [4.69, 9.17) is 10.5 Å². The Balaban J connectivity index is 2.22. The molecule has 0 aliphatic rings. The number of alkyl halides is 3. The van der Waals surface area contributed by atoms with Gasteiger partial charge in [-0.25, -0.2) is 4.68 Å². The number of halogens is 3. The van der Waals surface area contributed by atoms with Crippen molar-refractivity contribution in [2.75, 3.05) is 13.7 Å². The number of benzene rings is 1. The van der Waals surface area contributed by atoms with Gasteiger partial charge in [0.05, 0.1) is 25.4 Å². The van der Waals surface area contributed by atoms with E-state index in [-0.39, 0.29) is 6.54 Å². The maximum absolute atomic E-state index is 12.7. The van der Waals surface area contributed by atoms with Crippen LogP contribution in [0.1, 0.15) is 23.1 Å². The van der Waals surface area contributed by atoms with E-state index in [9.17, 15) is 13.2 Å². The van der Waals surface area contributed by atoms with Gasteiger partial charge in [-0.3, -0.25) is 0 Å². The summed E-state index contributed by atoms with van der Waals surface area (Å²) in [5.41, 5.74) is 6.23. The lowest BCUT2D eigenvalue weighted by Crippen LogP contribution is -2.08. The Morgan fingerprint density at radius 1 is 1.32 bits per heavy atom. The van der Waals surface area contributed by atoms with Crippen molar-refractivity contribution >= 4 is 0 Å². The fourth-order valence-corrected chi connectivity index (χ4v) is 2.24. The lowest BCUT2D eigenvalue weighted by molar-refractivity contribution is -0.137. The molecule has 0 aliphatic heterocycles. The van der Waals surface area contributed by atoms with E-state index in [1.807, 2.05) is 0 Å². The van der Waals surface area contributed by atoms with Crippen molar-refractivity contribution < 1.29 is 17.9 Å². The van der Waals surface area contributed by atoms with Crippen LogP contribution in [0.2, 0.25) is 0 Å². The molecule has 120 valence electrons. The summed E-state index contributed by atoms with van der Waals surface area (Å²) < 4.78 is 45.1. The Morgan fingerprint density at radius 3 is 2.73 bits per heavy atom. The smallest absolute Gasteiger partial charge is 0.416 e. The molecule has 0 aliphatic carbocycles. The van der Waals surface area contributed by atoms with Gasteiger partial charge < -0.3 is 10.5 Å². The van der Waals surface area contributed by atoms with E-state index in [0.29, 0.717) is 18.0 Å². The molecule has 1 heterocycles. The molecule has 2 aromatic rings. The molecule has 0 saturated heterocycles. The average molecular weight is 313 g/mol. The van der Waals surface area contributed by atoms with Crippen molar-refractivity contribution in [3.05, 3.63) is 47.2 Å². The highest BCUT2D eigenvalue weighted by atomic mass is 19.4. The standard InChI is InChI=1S/C15H18F3N3O/c1-22-14-12(5-3-7-19)9-20-21(14)10-11-4-2-6-13(8-11)15(16,17)18/h2,4,6,8-9H,3,5,7,10,19H2,1H3. The Kier molecular flexibility index (Phi) is 5.07. The molecule has 1 aromatic carbocycles. The van der Waals surface area contributed by atoms with Gasteiger partial charge in [0, 0.05) is 5.56 Å². The summed E-state index contributed by atoms with van der Waals surface area (Å²) in [5, 5.41) is 4.20. The first-order chi connectivity index (χ1) is 10.5. The predicted molar refractivity (Wildman–Crippen MR) is 76.7 cm³/mol. The van der Waals surface area contributed by atoms with Gasteiger partial charge in [0.2, 0.25) is 5.88 Å². The number of nitrogens with zero attached hydrogens (tertiary/aromatic N) is 2. The second-order valence-corrected chi connectivity index (χ2v) is 4.93. The van der Waals surface area contributed by atoms with Gasteiger partial charge >= 0.3 is 6.18 Å². The molecule has 0 amide bonds. The summed E-state index contributed by atoms with van der Waals surface area (Å²) in [5.74, 6) is 0.561. The van der Waals surface area contributed by atoms with Crippen molar-refractivity contribution in [3.63, 3.8) is 0 Å². The molecule has 1 aromatic heterocycles. The summed E-state index contributed by atoms with van der Waals surface area (Å²) >= 11 is 0.